The monoisotopic (exact) mass is 351 g/mol. The lowest BCUT2D eigenvalue weighted by Gasteiger charge is -2.19. The van der Waals surface area contributed by atoms with Gasteiger partial charge in [0.25, 0.3) is 5.91 Å². The number of amides is 1. The third-order valence-corrected chi connectivity index (χ3v) is 3.74. The van der Waals surface area contributed by atoms with Gasteiger partial charge in [-0.3, -0.25) is 4.79 Å². The minimum absolute atomic E-state index is 0.111. The Morgan fingerprint density at radius 1 is 1.40 bits per heavy atom. The average Bonchev–Trinajstić information content (AvgIpc) is 2.37. The Labute approximate surface area is 122 Å². The van der Waals surface area contributed by atoms with Gasteiger partial charge in [0.15, 0.2) is 0 Å². The molecule has 2 rings (SSSR count). The van der Waals surface area contributed by atoms with Crippen molar-refractivity contribution in [2.45, 2.75) is 17.4 Å². The molecule has 0 fully saturated rings. The molecule has 0 saturated carbocycles. The van der Waals surface area contributed by atoms with Crippen LogP contribution in [0.15, 0.2) is 18.2 Å². The first kappa shape index (κ1) is 15.3. The number of hydrogen-bond donors (Lipinski definition) is 1. The van der Waals surface area contributed by atoms with E-state index in [1.54, 1.807) is 12.1 Å². The van der Waals surface area contributed by atoms with Crippen LogP contribution in [0.3, 0.4) is 0 Å². The smallest absolute Gasteiger partial charge is 0.371 e. The average molecular weight is 352 g/mol. The van der Waals surface area contributed by atoms with Crippen LogP contribution in [0.5, 0.6) is 0 Å². The van der Waals surface area contributed by atoms with E-state index in [0.717, 1.165) is 17.5 Å². The Balaban J connectivity index is 2.02. The fraction of sp³-hybridized carbons (Fsp3) is 0.462. The third-order valence-electron chi connectivity index (χ3n) is 2.95. The van der Waals surface area contributed by atoms with Gasteiger partial charge in [0.2, 0.25) is 0 Å². The lowest BCUT2D eigenvalue weighted by atomic mass is 9.97. The molecule has 1 aromatic rings. The van der Waals surface area contributed by atoms with Crippen molar-refractivity contribution >= 4 is 21.8 Å². The SMILES string of the molecule is O=C1NCCc2ccc(C(Br)COCC(F)(F)F)cc21. The van der Waals surface area contributed by atoms with E-state index >= 15 is 0 Å². The number of carbonyl (C=O) groups excluding carboxylic acids is 1. The zero-order valence-electron chi connectivity index (χ0n) is 10.5. The number of rotatable bonds is 4. The number of nitrogens with one attached hydrogen (secondary N) is 1. The zero-order valence-corrected chi connectivity index (χ0v) is 12.1. The largest absolute Gasteiger partial charge is 0.411 e. The summed E-state index contributed by atoms with van der Waals surface area (Å²) in [5.74, 6) is -0.149. The van der Waals surface area contributed by atoms with Crippen LogP contribution in [0.2, 0.25) is 0 Å². The molecular formula is C13H13BrF3NO2. The van der Waals surface area contributed by atoms with E-state index in [-0.39, 0.29) is 17.3 Å². The standard InChI is InChI=1S/C13H13BrF3NO2/c14-11(6-20-7-13(15,16)17)9-2-1-8-3-4-18-12(19)10(8)5-9/h1-2,5,11H,3-4,6-7H2,(H,18,19). The second kappa shape index (κ2) is 6.13. The highest BCUT2D eigenvalue weighted by Crippen LogP contribution is 2.27. The molecule has 1 atom stereocenters. The van der Waals surface area contributed by atoms with Crippen molar-refractivity contribution in [3.63, 3.8) is 0 Å². The third kappa shape index (κ3) is 3.96. The summed E-state index contributed by atoms with van der Waals surface area (Å²) in [5, 5.41) is 2.73. The van der Waals surface area contributed by atoms with Crippen LogP contribution in [-0.4, -0.2) is 31.8 Å². The van der Waals surface area contributed by atoms with Gasteiger partial charge >= 0.3 is 6.18 Å². The zero-order chi connectivity index (χ0) is 14.8. The molecule has 0 bridgehead atoms. The van der Waals surface area contributed by atoms with Crippen LogP contribution in [0.4, 0.5) is 13.2 Å². The molecule has 1 N–H and O–H groups in total. The Morgan fingerprint density at radius 2 is 2.15 bits per heavy atom. The molecule has 3 nitrogen and oxygen atoms in total. The summed E-state index contributed by atoms with van der Waals surface area (Å²) in [5.41, 5.74) is 2.26. The van der Waals surface area contributed by atoms with Gasteiger partial charge in [-0.1, -0.05) is 28.1 Å². The maximum absolute atomic E-state index is 12.0. The maximum Gasteiger partial charge on any atom is 0.411 e. The molecule has 110 valence electrons. The lowest BCUT2D eigenvalue weighted by Crippen LogP contribution is -2.31. The number of ether oxygens (including phenoxy) is 1. The summed E-state index contributed by atoms with van der Waals surface area (Å²) in [7, 11) is 0. The Kier molecular flexibility index (Phi) is 4.70. The molecule has 1 aromatic carbocycles. The summed E-state index contributed by atoms with van der Waals surface area (Å²) in [4.78, 5) is 11.3. The molecule has 1 amide bonds. The van der Waals surface area contributed by atoms with Crippen molar-refractivity contribution in [1.29, 1.82) is 0 Å². The van der Waals surface area contributed by atoms with E-state index in [2.05, 4.69) is 26.0 Å². The van der Waals surface area contributed by atoms with E-state index in [1.165, 1.54) is 0 Å². The van der Waals surface area contributed by atoms with Gasteiger partial charge in [-0.2, -0.15) is 13.2 Å². The predicted octanol–water partition coefficient (Wildman–Crippen LogP) is 2.99. The number of hydrogen-bond acceptors (Lipinski definition) is 2. The van der Waals surface area contributed by atoms with Gasteiger partial charge in [0.05, 0.1) is 11.4 Å². The summed E-state index contributed by atoms with van der Waals surface area (Å²) in [6, 6.07) is 5.33. The van der Waals surface area contributed by atoms with Gasteiger partial charge in [0, 0.05) is 12.1 Å². The number of alkyl halides is 4. The second-order valence-electron chi connectivity index (χ2n) is 4.52. The first-order valence-electron chi connectivity index (χ1n) is 6.06. The molecule has 1 heterocycles. The molecule has 1 aliphatic heterocycles. The minimum Gasteiger partial charge on any atom is -0.371 e. The Bertz CT molecular complexity index is 505. The predicted molar refractivity (Wildman–Crippen MR) is 71.0 cm³/mol. The van der Waals surface area contributed by atoms with Crippen molar-refractivity contribution in [2.75, 3.05) is 19.8 Å². The first-order chi connectivity index (χ1) is 9.37. The molecule has 1 aliphatic rings. The molecule has 0 radical (unpaired) electrons. The molecule has 0 saturated heterocycles. The van der Waals surface area contributed by atoms with Crippen LogP contribution < -0.4 is 5.32 Å². The van der Waals surface area contributed by atoms with E-state index in [1.807, 2.05) is 6.07 Å². The number of benzene rings is 1. The van der Waals surface area contributed by atoms with Crippen LogP contribution in [0, 0.1) is 0 Å². The van der Waals surface area contributed by atoms with Gasteiger partial charge in [-0.25, -0.2) is 0 Å². The first-order valence-corrected chi connectivity index (χ1v) is 6.98. The highest BCUT2D eigenvalue weighted by Gasteiger charge is 2.28. The lowest BCUT2D eigenvalue weighted by molar-refractivity contribution is -0.173. The van der Waals surface area contributed by atoms with Crippen LogP contribution in [0.25, 0.3) is 0 Å². The summed E-state index contributed by atoms with van der Waals surface area (Å²) in [6.45, 7) is -0.780. The van der Waals surface area contributed by atoms with Crippen molar-refractivity contribution < 1.29 is 22.7 Å². The minimum atomic E-state index is -4.33. The van der Waals surface area contributed by atoms with Crippen LogP contribution in [-0.2, 0) is 11.2 Å². The molecule has 0 aliphatic carbocycles. The van der Waals surface area contributed by atoms with Crippen molar-refractivity contribution in [2.24, 2.45) is 0 Å². The second-order valence-corrected chi connectivity index (χ2v) is 5.63. The normalized spacial score (nSPS) is 16.5. The molecule has 0 spiro atoms. The van der Waals surface area contributed by atoms with Gasteiger partial charge in [0.1, 0.15) is 6.61 Å². The van der Waals surface area contributed by atoms with Gasteiger partial charge in [-0.15, -0.1) is 0 Å². The van der Waals surface area contributed by atoms with Crippen molar-refractivity contribution in [1.82, 2.24) is 5.32 Å². The number of carbonyl (C=O) groups is 1. The van der Waals surface area contributed by atoms with Crippen LogP contribution >= 0.6 is 15.9 Å². The van der Waals surface area contributed by atoms with E-state index in [0.29, 0.717) is 12.1 Å². The molecule has 20 heavy (non-hydrogen) atoms. The topological polar surface area (TPSA) is 38.3 Å². The van der Waals surface area contributed by atoms with E-state index in [4.69, 9.17) is 0 Å². The number of halogens is 4. The highest BCUT2D eigenvalue weighted by atomic mass is 79.9. The van der Waals surface area contributed by atoms with Gasteiger partial charge in [-0.05, 0) is 23.6 Å². The quantitative estimate of drug-likeness (QED) is 0.847. The highest BCUT2D eigenvalue weighted by molar-refractivity contribution is 9.09. The van der Waals surface area contributed by atoms with Gasteiger partial charge < -0.3 is 10.1 Å². The summed E-state index contributed by atoms with van der Waals surface area (Å²) < 4.78 is 40.6. The van der Waals surface area contributed by atoms with Crippen molar-refractivity contribution in [3.05, 3.63) is 34.9 Å². The Morgan fingerprint density at radius 3 is 2.85 bits per heavy atom. The Hall–Kier alpha value is -1.08. The molecular weight excluding hydrogens is 339 g/mol. The van der Waals surface area contributed by atoms with E-state index < -0.39 is 12.8 Å². The van der Waals surface area contributed by atoms with Crippen molar-refractivity contribution in [3.8, 4) is 0 Å². The fourth-order valence-electron chi connectivity index (χ4n) is 2.00. The molecule has 0 aromatic heterocycles. The van der Waals surface area contributed by atoms with E-state index in [9.17, 15) is 18.0 Å². The summed E-state index contributed by atoms with van der Waals surface area (Å²) in [6.07, 6.45) is -3.57. The summed E-state index contributed by atoms with van der Waals surface area (Å²) >= 11 is 3.28. The molecule has 7 heteroatoms. The number of fused-ring (bicyclic) bond motifs is 1. The fourth-order valence-corrected chi connectivity index (χ4v) is 2.47. The van der Waals surface area contributed by atoms with Crippen LogP contribution in [0.1, 0.15) is 26.3 Å². The maximum atomic E-state index is 12.0. The molecule has 1 unspecified atom stereocenters.